The van der Waals surface area contributed by atoms with E-state index in [9.17, 15) is 4.79 Å². The van der Waals surface area contributed by atoms with Gasteiger partial charge in [0.1, 0.15) is 6.10 Å². The Morgan fingerprint density at radius 3 is 3.00 bits per heavy atom. The van der Waals surface area contributed by atoms with Gasteiger partial charge in [0.05, 0.1) is 30.7 Å². The minimum Gasteiger partial charge on any atom is -0.368 e. The predicted molar refractivity (Wildman–Crippen MR) is 83.7 cm³/mol. The third-order valence-corrected chi connectivity index (χ3v) is 4.20. The molecule has 1 N–H and O–H groups in total. The zero-order valence-corrected chi connectivity index (χ0v) is 13.5. The van der Waals surface area contributed by atoms with Crippen molar-refractivity contribution in [2.24, 2.45) is 0 Å². The Morgan fingerprint density at radius 2 is 2.30 bits per heavy atom. The maximum Gasteiger partial charge on any atom is 0.223 e. The van der Waals surface area contributed by atoms with Crippen LogP contribution in [0.15, 0.2) is 18.6 Å². The Morgan fingerprint density at radius 1 is 1.43 bits per heavy atom. The van der Waals surface area contributed by atoms with E-state index in [2.05, 4.69) is 20.2 Å². The molecule has 0 radical (unpaired) electrons. The number of rotatable bonds is 4. The van der Waals surface area contributed by atoms with Crippen LogP contribution in [0, 0.1) is 13.8 Å². The number of ether oxygens (including phenoxy) is 1. The molecule has 0 aromatic carbocycles. The van der Waals surface area contributed by atoms with Gasteiger partial charge in [-0.2, -0.15) is 5.10 Å². The van der Waals surface area contributed by atoms with E-state index in [0.29, 0.717) is 32.5 Å². The van der Waals surface area contributed by atoms with Crippen LogP contribution in [0.2, 0.25) is 0 Å². The topological polar surface area (TPSA) is 84.0 Å². The van der Waals surface area contributed by atoms with E-state index in [1.54, 1.807) is 18.6 Å². The molecule has 2 aromatic heterocycles. The highest BCUT2D eigenvalue weighted by atomic mass is 16.5. The fourth-order valence-corrected chi connectivity index (χ4v) is 2.86. The number of morpholine rings is 1. The molecule has 3 rings (SSSR count). The zero-order valence-electron chi connectivity index (χ0n) is 13.5. The van der Waals surface area contributed by atoms with Crippen LogP contribution in [0.5, 0.6) is 0 Å². The summed E-state index contributed by atoms with van der Waals surface area (Å²) in [7, 11) is 0. The number of aromatic nitrogens is 4. The number of nitrogens with one attached hydrogen (secondary N) is 1. The minimum absolute atomic E-state index is 0.141. The monoisotopic (exact) mass is 315 g/mol. The molecule has 0 bridgehead atoms. The number of hydrogen-bond acceptors (Lipinski definition) is 5. The number of aromatic amines is 1. The van der Waals surface area contributed by atoms with Gasteiger partial charge in [0.2, 0.25) is 5.91 Å². The molecule has 7 nitrogen and oxygen atoms in total. The van der Waals surface area contributed by atoms with Gasteiger partial charge >= 0.3 is 0 Å². The van der Waals surface area contributed by atoms with Crippen molar-refractivity contribution in [3.8, 4) is 0 Å². The summed E-state index contributed by atoms with van der Waals surface area (Å²) in [5.74, 6) is 0.141. The molecule has 0 saturated carbocycles. The van der Waals surface area contributed by atoms with E-state index in [1.807, 2.05) is 18.7 Å². The second-order valence-electron chi connectivity index (χ2n) is 5.74. The average Bonchev–Trinajstić information content (AvgIpc) is 2.92. The molecule has 0 unspecified atom stereocenters. The average molecular weight is 315 g/mol. The highest BCUT2D eigenvalue weighted by Crippen LogP contribution is 2.21. The lowest BCUT2D eigenvalue weighted by Crippen LogP contribution is -2.42. The number of carbonyl (C=O) groups is 1. The number of carbonyl (C=O) groups excluding carboxylic acids is 1. The summed E-state index contributed by atoms with van der Waals surface area (Å²) in [5, 5.41) is 7.13. The normalized spacial score (nSPS) is 18.2. The molecule has 1 amide bonds. The van der Waals surface area contributed by atoms with Crippen LogP contribution in [0.3, 0.4) is 0 Å². The highest BCUT2D eigenvalue weighted by molar-refractivity contribution is 5.76. The minimum atomic E-state index is -0.196. The van der Waals surface area contributed by atoms with Gasteiger partial charge < -0.3 is 9.64 Å². The molecular formula is C16H21N5O2. The second kappa shape index (κ2) is 6.87. The van der Waals surface area contributed by atoms with Gasteiger partial charge in [-0.15, -0.1) is 0 Å². The van der Waals surface area contributed by atoms with Crippen LogP contribution in [0.4, 0.5) is 0 Å². The highest BCUT2D eigenvalue weighted by Gasteiger charge is 2.26. The third kappa shape index (κ3) is 3.56. The quantitative estimate of drug-likeness (QED) is 0.920. The Balaban J connectivity index is 1.59. The van der Waals surface area contributed by atoms with Gasteiger partial charge in [0.15, 0.2) is 0 Å². The van der Waals surface area contributed by atoms with Crippen molar-refractivity contribution in [3.05, 3.63) is 41.2 Å². The van der Waals surface area contributed by atoms with Crippen molar-refractivity contribution in [2.45, 2.75) is 32.8 Å². The van der Waals surface area contributed by atoms with Crippen molar-refractivity contribution in [1.29, 1.82) is 0 Å². The molecule has 1 atom stereocenters. The third-order valence-electron chi connectivity index (χ3n) is 4.20. The van der Waals surface area contributed by atoms with Crippen molar-refractivity contribution >= 4 is 5.91 Å². The molecule has 0 aliphatic carbocycles. The van der Waals surface area contributed by atoms with E-state index in [1.165, 1.54) is 0 Å². The van der Waals surface area contributed by atoms with Crippen LogP contribution < -0.4 is 0 Å². The van der Waals surface area contributed by atoms with Gasteiger partial charge in [-0.1, -0.05) is 0 Å². The lowest BCUT2D eigenvalue weighted by atomic mass is 10.1. The van der Waals surface area contributed by atoms with E-state index in [0.717, 1.165) is 22.6 Å². The van der Waals surface area contributed by atoms with Crippen molar-refractivity contribution in [1.82, 2.24) is 25.1 Å². The number of amides is 1. The van der Waals surface area contributed by atoms with Crippen LogP contribution in [0.25, 0.3) is 0 Å². The number of nitrogens with zero attached hydrogens (tertiary/aromatic N) is 4. The molecule has 1 saturated heterocycles. The first-order valence-electron chi connectivity index (χ1n) is 7.81. The fourth-order valence-electron chi connectivity index (χ4n) is 2.86. The van der Waals surface area contributed by atoms with E-state index in [4.69, 9.17) is 4.74 Å². The van der Waals surface area contributed by atoms with E-state index >= 15 is 0 Å². The first-order chi connectivity index (χ1) is 11.1. The Kier molecular flexibility index (Phi) is 4.66. The lowest BCUT2D eigenvalue weighted by Gasteiger charge is -2.32. The summed E-state index contributed by atoms with van der Waals surface area (Å²) in [4.78, 5) is 22.7. The fraction of sp³-hybridized carbons (Fsp3) is 0.500. The number of aryl methyl sites for hydroxylation is 2. The maximum atomic E-state index is 12.5. The first kappa shape index (κ1) is 15.6. The zero-order chi connectivity index (χ0) is 16.2. The number of H-pyrrole nitrogens is 1. The molecule has 23 heavy (non-hydrogen) atoms. The molecule has 1 aliphatic heterocycles. The maximum absolute atomic E-state index is 12.5. The van der Waals surface area contributed by atoms with Crippen molar-refractivity contribution in [2.75, 3.05) is 19.7 Å². The van der Waals surface area contributed by atoms with Gasteiger partial charge in [0.25, 0.3) is 0 Å². The largest absolute Gasteiger partial charge is 0.368 e. The van der Waals surface area contributed by atoms with Crippen LogP contribution >= 0.6 is 0 Å². The van der Waals surface area contributed by atoms with Gasteiger partial charge in [-0.3, -0.25) is 19.9 Å². The summed E-state index contributed by atoms with van der Waals surface area (Å²) in [6.45, 7) is 5.62. The van der Waals surface area contributed by atoms with Crippen molar-refractivity contribution in [3.63, 3.8) is 0 Å². The predicted octanol–water partition coefficient (Wildman–Crippen LogP) is 1.35. The second-order valence-corrected chi connectivity index (χ2v) is 5.74. The smallest absolute Gasteiger partial charge is 0.223 e. The van der Waals surface area contributed by atoms with E-state index in [-0.39, 0.29) is 12.0 Å². The summed E-state index contributed by atoms with van der Waals surface area (Å²) in [5.41, 5.74) is 3.91. The van der Waals surface area contributed by atoms with Gasteiger partial charge in [-0.05, 0) is 25.8 Å². The molecule has 0 spiro atoms. The summed E-state index contributed by atoms with van der Waals surface area (Å²) < 4.78 is 5.72. The summed E-state index contributed by atoms with van der Waals surface area (Å²) in [6, 6.07) is 0. The summed E-state index contributed by atoms with van der Waals surface area (Å²) in [6.07, 6.45) is 5.96. The lowest BCUT2D eigenvalue weighted by molar-refractivity contribution is -0.139. The Labute approximate surface area is 135 Å². The SMILES string of the molecule is Cc1n[nH]c(C)c1CCC(=O)N1CCO[C@H](c2cnccn2)C1. The molecule has 7 heteroatoms. The van der Waals surface area contributed by atoms with Crippen LogP contribution in [-0.2, 0) is 16.0 Å². The molecule has 1 fully saturated rings. The van der Waals surface area contributed by atoms with E-state index < -0.39 is 0 Å². The molecule has 3 heterocycles. The molecular weight excluding hydrogens is 294 g/mol. The standard InChI is InChI=1S/C16H21N5O2/c1-11-13(12(2)20-19-11)3-4-16(22)21-7-8-23-15(10-21)14-9-17-5-6-18-14/h5-6,9,15H,3-4,7-8,10H2,1-2H3,(H,19,20)/t15-/m0/s1. The van der Waals surface area contributed by atoms with Crippen molar-refractivity contribution < 1.29 is 9.53 Å². The Hall–Kier alpha value is -2.28. The number of hydrogen-bond donors (Lipinski definition) is 1. The molecule has 2 aromatic rings. The van der Waals surface area contributed by atoms with Gasteiger partial charge in [-0.25, -0.2) is 0 Å². The molecule has 1 aliphatic rings. The Bertz CT molecular complexity index is 651. The van der Waals surface area contributed by atoms with Gasteiger partial charge in [0, 0.05) is 31.1 Å². The van der Waals surface area contributed by atoms with Crippen LogP contribution in [-0.4, -0.2) is 50.7 Å². The molecule has 122 valence electrons. The van der Waals surface area contributed by atoms with Crippen LogP contribution in [0.1, 0.15) is 35.2 Å². The summed E-state index contributed by atoms with van der Waals surface area (Å²) >= 11 is 0. The first-order valence-corrected chi connectivity index (χ1v) is 7.81.